The molecule has 3 nitrogen and oxygen atoms in total. The van der Waals surface area contributed by atoms with Crippen molar-refractivity contribution in [2.75, 3.05) is 13.1 Å². The maximum Gasteiger partial charge on any atom is 0.304 e. The van der Waals surface area contributed by atoms with Crippen molar-refractivity contribution >= 4 is 5.97 Å². The fourth-order valence-corrected chi connectivity index (χ4v) is 2.47. The van der Waals surface area contributed by atoms with Crippen molar-refractivity contribution in [1.82, 2.24) is 4.90 Å². The number of rotatable bonds is 3. The average molecular weight is 257 g/mol. The molecule has 1 atom stereocenters. The van der Waals surface area contributed by atoms with E-state index in [1.54, 1.807) is 0 Å². The Morgan fingerprint density at radius 1 is 1.32 bits per heavy atom. The zero-order valence-corrected chi connectivity index (χ0v) is 11.0. The molecule has 0 amide bonds. The Morgan fingerprint density at radius 2 is 2.11 bits per heavy atom. The van der Waals surface area contributed by atoms with E-state index in [2.05, 4.69) is 16.7 Å². The minimum atomic E-state index is -0.715. The SMILES string of the molecule is O=C(O)CC1CCCCN1CC#Cc1ccccc1. The second kappa shape index (κ2) is 6.96. The summed E-state index contributed by atoms with van der Waals surface area (Å²) in [5.41, 5.74) is 1.01. The predicted octanol–water partition coefficient (Wildman–Crippen LogP) is 2.37. The van der Waals surface area contributed by atoms with Crippen molar-refractivity contribution in [2.24, 2.45) is 0 Å². The fourth-order valence-electron chi connectivity index (χ4n) is 2.47. The monoisotopic (exact) mass is 257 g/mol. The quantitative estimate of drug-likeness (QED) is 0.845. The molecule has 0 aromatic heterocycles. The molecule has 1 heterocycles. The minimum absolute atomic E-state index is 0.149. The van der Waals surface area contributed by atoms with Crippen LogP contribution in [0.3, 0.4) is 0 Å². The van der Waals surface area contributed by atoms with Gasteiger partial charge in [0.15, 0.2) is 0 Å². The van der Waals surface area contributed by atoms with Crippen molar-refractivity contribution in [2.45, 2.75) is 31.7 Å². The number of likely N-dealkylation sites (tertiary alicyclic amines) is 1. The lowest BCUT2D eigenvalue weighted by Crippen LogP contribution is -2.40. The summed E-state index contributed by atoms with van der Waals surface area (Å²) in [7, 11) is 0. The third-order valence-electron chi connectivity index (χ3n) is 3.45. The first-order valence-electron chi connectivity index (χ1n) is 6.75. The summed E-state index contributed by atoms with van der Waals surface area (Å²) in [6.07, 6.45) is 3.47. The molecule has 1 aliphatic heterocycles. The van der Waals surface area contributed by atoms with Crippen molar-refractivity contribution in [3.05, 3.63) is 35.9 Å². The molecular formula is C16H19NO2. The summed E-state index contributed by atoms with van der Waals surface area (Å²) < 4.78 is 0. The van der Waals surface area contributed by atoms with Gasteiger partial charge in [0.25, 0.3) is 0 Å². The van der Waals surface area contributed by atoms with Gasteiger partial charge in [-0.05, 0) is 31.5 Å². The third kappa shape index (κ3) is 4.42. The van der Waals surface area contributed by atoms with Gasteiger partial charge in [-0.3, -0.25) is 9.69 Å². The van der Waals surface area contributed by atoms with Crippen LogP contribution in [0.5, 0.6) is 0 Å². The first-order valence-corrected chi connectivity index (χ1v) is 6.75. The van der Waals surface area contributed by atoms with Gasteiger partial charge in [-0.25, -0.2) is 0 Å². The van der Waals surface area contributed by atoms with Crippen LogP contribution in [0, 0.1) is 11.8 Å². The van der Waals surface area contributed by atoms with Crippen LogP contribution >= 0.6 is 0 Å². The molecule has 1 unspecified atom stereocenters. The van der Waals surface area contributed by atoms with E-state index in [-0.39, 0.29) is 12.5 Å². The van der Waals surface area contributed by atoms with E-state index in [9.17, 15) is 4.79 Å². The van der Waals surface area contributed by atoms with Gasteiger partial charge < -0.3 is 5.11 Å². The second-order valence-corrected chi connectivity index (χ2v) is 4.89. The number of hydrogen-bond donors (Lipinski definition) is 1. The van der Waals surface area contributed by atoms with E-state index >= 15 is 0 Å². The molecule has 1 aliphatic rings. The van der Waals surface area contributed by atoms with Gasteiger partial charge in [0.1, 0.15) is 0 Å². The van der Waals surface area contributed by atoms with Crippen molar-refractivity contribution < 1.29 is 9.90 Å². The van der Waals surface area contributed by atoms with E-state index in [0.717, 1.165) is 31.4 Å². The number of carbonyl (C=O) groups is 1. The van der Waals surface area contributed by atoms with Gasteiger partial charge in [0.05, 0.1) is 13.0 Å². The molecule has 0 radical (unpaired) electrons. The minimum Gasteiger partial charge on any atom is -0.481 e. The van der Waals surface area contributed by atoms with Crippen LogP contribution < -0.4 is 0 Å². The molecule has 0 aliphatic carbocycles. The number of carboxylic acids is 1. The number of nitrogens with zero attached hydrogens (tertiary/aromatic N) is 1. The average Bonchev–Trinajstić information content (AvgIpc) is 2.41. The largest absolute Gasteiger partial charge is 0.481 e. The highest BCUT2D eigenvalue weighted by Gasteiger charge is 2.23. The number of piperidine rings is 1. The number of benzene rings is 1. The Kier molecular flexibility index (Phi) is 5.00. The Labute approximate surface area is 114 Å². The summed E-state index contributed by atoms with van der Waals surface area (Å²) in [5.74, 6) is 5.57. The van der Waals surface area contributed by atoms with Crippen LogP contribution in [-0.4, -0.2) is 35.1 Å². The van der Waals surface area contributed by atoms with E-state index in [4.69, 9.17) is 5.11 Å². The molecule has 100 valence electrons. The molecule has 1 aromatic carbocycles. The van der Waals surface area contributed by atoms with Crippen molar-refractivity contribution in [3.63, 3.8) is 0 Å². The van der Waals surface area contributed by atoms with E-state index < -0.39 is 5.97 Å². The van der Waals surface area contributed by atoms with Gasteiger partial charge in [0, 0.05) is 11.6 Å². The summed E-state index contributed by atoms with van der Waals surface area (Å²) in [4.78, 5) is 13.0. The zero-order valence-electron chi connectivity index (χ0n) is 11.0. The topological polar surface area (TPSA) is 40.5 Å². The summed E-state index contributed by atoms with van der Waals surface area (Å²) >= 11 is 0. The van der Waals surface area contributed by atoms with Gasteiger partial charge in [-0.2, -0.15) is 0 Å². The maximum absolute atomic E-state index is 10.8. The van der Waals surface area contributed by atoms with Gasteiger partial charge in [-0.15, -0.1) is 0 Å². The molecule has 0 bridgehead atoms. The normalized spacial score (nSPS) is 19.5. The molecule has 0 spiro atoms. The summed E-state index contributed by atoms with van der Waals surface area (Å²) in [6.45, 7) is 1.62. The molecule has 1 fully saturated rings. The molecule has 1 N–H and O–H groups in total. The van der Waals surface area contributed by atoms with Crippen LogP contribution in [-0.2, 0) is 4.79 Å². The van der Waals surface area contributed by atoms with Crippen LogP contribution in [0.2, 0.25) is 0 Å². The predicted molar refractivity (Wildman–Crippen MR) is 74.8 cm³/mol. The maximum atomic E-state index is 10.8. The van der Waals surface area contributed by atoms with Crippen molar-refractivity contribution in [1.29, 1.82) is 0 Å². The first kappa shape index (κ1) is 13.6. The molecular weight excluding hydrogens is 238 g/mol. The summed E-state index contributed by atoms with van der Waals surface area (Å²) in [6, 6.07) is 10.0. The Morgan fingerprint density at radius 3 is 2.84 bits per heavy atom. The number of aliphatic carboxylic acids is 1. The lowest BCUT2D eigenvalue weighted by atomic mass is 9.99. The molecule has 0 saturated carbocycles. The highest BCUT2D eigenvalue weighted by molar-refractivity contribution is 5.67. The zero-order chi connectivity index (χ0) is 13.5. The highest BCUT2D eigenvalue weighted by atomic mass is 16.4. The number of carboxylic acid groups (broad SMARTS) is 1. The van der Waals surface area contributed by atoms with Crippen LogP contribution in [0.25, 0.3) is 0 Å². The van der Waals surface area contributed by atoms with E-state index in [0.29, 0.717) is 6.54 Å². The summed E-state index contributed by atoms with van der Waals surface area (Å²) in [5, 5.41) is 8.92. The van der Waals surface area contributed by atoms with Crippen molar-refractivity contribution in [3.8, 4) is 11.8 Å². The number of hydrogen-bond acceptors (Lipinski definition) is 2. The molecule has 1 aromatic rings. The lowest BCUT2D eigenvalue weighted by molar-refractivity contribution is -0.138. The van der Waals surface area contributed by atoms with E-state index in [1.807, 2.05) is 30.3 Å². The smallest absolute Gasteiger partial charge is 0.304 e. The third-order valence-corrected chi connectivity index (χ3v) is 3.45. The van der Waals surface area contributed by atoms with E-state index in [1.165, 1.54) is 0 Å². The Hall–Kier alpha value is -1.79. The molecule has 2 rings (SSSR count). The molecule has 1 saturated heterocycles. The van der Waals surface area contributed by atoms with Crippen LogP contribution in [0.4, 0.5) is 0 Å². The lowest BCUT2D eigenvalue weighted by Gasteiger charge is -2.33. The van der Waals surface area contributed by atoms with Gasteiger partial charge >= 0.3 is 5.97 Å². The fraction of sp³-hybridized carbons (Fsp3) is 0.438. The molecule has 19 heavy (non-hydrogen) atoms. The second-order valence-electron chi connectivity index (χ2n) is 4.89. The van der Waals surface area contributed by atoms with Gasteiger partial charge in [-0.1, -0.05) is 36.5 Å². The Balaban J connectivity index is 1.93. The molecule has 3 heteroatoms. The Bertz CT molecular complexity index is 473. The standard InChI is InChI=1S/C16H19NO2/c18-16(19)13-15-10-4-5-11-17(15)12-6-9-14-7-2-1-3-8-14/h1-3,7-8,15H,4-5,10-13H2,(H,18,19). The van der Waals surface area contributed by atoms with Crippen LogP contribution in [0.1, 0.15) is 31.2 Å². The first-order chi connectivity index (χ1) is 9.25. The highest BCUT2D eigenvalue weighted by Crippen LogP contribution is 2.19. The van der Waals surface area contributed by atoms with Gasteiger partial charge in [0.2, 0.25) is 0 Å². The van der Waals surface area contributed by atoms with Crippen LogP contribution in [0.15, 0.2) is 30.3 Å².